The quantitative estimate of drug-likeness (QED) is 0.414. The largest absolute Gasteiger partial charge is 0.495 e. The van der Waals surface area contributed by atoms with E-state index in [2.05, 4.69) is 5.32 Å². The van der Waals surface area contributed by atoms with Crippen molar-refractivity contribution in [2.24, 2.45) is 0 Å². The summed E-state index contributed by atoms with van der Waals surface area (Å²) in [4.78, 5) is 23.3. The van der Waals surface area contributed by atoms with Crippen molar-refractivity contribution >= 4 is 17.6 Å². The van der Waals surface area contributed by atoms with Gasteiger partial charge in [0, 0.05) is 20.3 Å². The van der Waals surface area contributed by atoms with E-state index in [-0.39, 0.29) is 23.8 Å². The van der Waals surface area contributed by atoms with E-state index in [1.54, 1.807) is 19.2 Å². The molecule has 7 heteroatoms. The molecule has 21 heavy (non-hydrogen) atoms. The number of carbonyl (C=O) groups is 2. The Labute approximate surface area is 123 Å². The number of hydrogen-bond acceptors (Lipinski definition) is 6. The van der Waals surface area contributed by atoms with E-state index in [1.807, 2.05) is 0 Å². The molecule has 1 amide bonds. The van der Waals surface area contributed by atoms with Gasteiger partial charge in [-0.05, 0) is 18.6 Å². The number of ether oxygens (including phenoxy) is 3. The van der Waals surface area contributed by atoms with Crippen LogP contribution >= 0.6 is 0 Å². The molecule has 1 rings (SSSR count). The van der Waals surface area contributed by atoms with Crippen LogP contribution in [0.5, 0.6) is 5.75 Å². The molecule has 3 N–H and O–H groups in total. The lowest BCUT2D eigenvalue weighted by atomic mass is 10.1. The highest BCUT2D eigenvalue weighted by molar-refractivity contribution is 5.97. The molecule has 0 heterocycles. The van der Waals surface area contributed by atoms with E-state index in [9.17, 15) is 9.59 Å². The highest BCUT2D eigenvalue weighted by Crippen LogP contribution is 2.25. The first-order chi connectivity index (χ1) is 10.1. The maximum absolute atomic E-state index is 11.9. The molecule has 1 aromatic carbocycles. The average Bonchev–Trinajstić information content (AvgIpc) is 2.49. The summed E-state index contributed by atoms with van der Waals surface area (Å²) in [7, 11) is 3.04. The van der Waals surface area contributed by atoms with Gasteiger partial charge in [0.05, 0.1) is 18.4 Å². The lowest BCUT2D eigenvalue weighted by molar-refractivity contribution is -0.124. The number of methoxy groups -OCH3 is 2. The Balaban J connectivity index is 2.45. The summed E-state index contributed by atoms with van der Waals surface area (Å²) < 4.78 is 14.8. The average molecular weight is 296 g/mol. The predicted molar refractivity (Wildman–Crippen MR) is 77.2 cm³/mol. The van der Waals surface area contributed by atoms with Crippen LogP contribution in [0.15, 0.2) is 18.2 Å². The second-order valence-corrected chi connectivity index (χ2v) is 4.19. The number of nitrogen functional groups attached to an aromatic ring is 1. The molecule has 7 nitrogen and oxygen atoms in total. The Hall–Kier alpha value is -2.28. The molecule has 0 bridgehead atoms. The lowest BCUT2D eigenvalue weighted by Gasteiger charge is -2.10. The fourth-order valence-electron chi connectivity index (χ4n) is 1.60. The standard InChI is InChI=1S/C14H20N2O5/c1-19-8-4-7-16-12(17)9-21-14(18)10-5-3-6-11(20-2)13(10)15/h3,5-6H,4,7-9,15H2,1-2H3,(H,16,17). The summed E-state index contributed by atoms with van der Waals surface area (Å²) in [5, 5.41) is 2.61. The zero-order valence-corrected chi connectivity index (χ0v) is 12.2. The van der Waals surface area contributed by atoms with Gasteiger partial charge < -0.3 is 25.3 Å². The predicted octanol–water partition coefficient (Wildman–Crippen LogP) is 0.587. The number of rotatable bonds is 8. The minimum Gasteiger partial charge on any atom is -0.495 e. The summed E-state index contributed by atoms with van der Waals surface area (Å²) in [6, 6.07) is 4.77. The summed E-state index contributed by atoms with van der Waals surface area (Å²) in [6.45, 7) is 0.661. The zero-order chi connectivity index (χ0) is 15.7. The van der Waals surface area contributed by atoms with Gasteiger partial charge in [-0.2, -0.15) is 0 Å². The molecule has 0 spiro atoms. The first-order valence-electron chi connectivity index (χ1n) is 6.45. The van der Waals surface area contributed by atoms with E-state index in [0.717, 1.165) is 0 Å². The molecule has 0 aliphatic rings. The normalized spacial score (nSPS) is 10.0. The van der Waals surface area contributed by atoms with E-state index < -0.39 is 5.97 Å². The van der Waals surface area contributed by atoms with Gasteiger partial charge in [-0.1, -0.05) is 6.07 Å². The van der Waals surface area contributed by atoms with Crippen LogP contribution in [0.2, 0.25) is 0 Å². The molecule has 0 radical (unpaired) electrons. The maximum atomic E-state index is 11.9. The fraction of sp³-hybridized carbons (Fsp3) is 0.429. The maximum Gasteiger partial charge on any atom is 0.340 e. The van der Waals surface area contributed by atoms with Crippen LogP contribution in [0.1, 0.15) is 16.8 Å². The smallest absolute Gasteiger partial charge is 0.340 e. The van der Waals surface area contributed by atoms with Crippen molar-refractivity contribution in [2.75, 3.05) is 39.7 Å². The number of nitrogens with two attached hydrogens (primary N) is 1. The van der Waals surface area contributed by atoms with E-state index in [1.165, 1.54) is 13.2 Å². The molecule has 1 aromatic rings. The number of hydrogen-bond donors (Lipinski definition) is 2. The van der Waals surface area contributed by atoms with E-state index in [4.69, 9.17) is 19.9 Å². The van der Waals surface area contributed by atoms with Crippen molar-refractivity contribution in [3.63, 3.8) is 0 Å². The molecule has 0 saturated heterocycles. The van der Waals surface area contributed by atoms with Gasteiger partial charge in [0.1, 0.15) is 5.75 Å². The second-order valence-electron chi connectivity index (χ2n) is 4.19. The zero-order valence-electron chi connectivity index (χ0n) is 12.2. The third-order valence-corrected chi connectivity index (χ3v) is 2.69. The van der Waals surface area contributed by atoms with Crippen molar-refractivity contribution in [2.45, 2.75) is 6.42 Å². The molecule has 0 atom stereocenters. The van der Waals surface area contributed by atoms with Gasteiger partial charge in [0.15, 0.2) is 6.61 Å². The Morgan fingerprint density at radius 3 is 2.71 bits per heavy atom. The Morgan fingerprint density at radius 2 is 2.05 bits per heavy atom. The van der Waals surface area contributed by atoms with Gasteiger partial charge in [-0.25, -0.2) is 4.79 Å². The molecule has 116 valence electrons. The van der Waals surface area contributed by atoms with Crippen LogP contribution in [-0.2, 0) is 14.3 Å². The van der Waals surface area contributed by atoms with Crippen LogP contribution < -0.4 is 15.8 Å². The summed E-state index contributed by atoms with van der Waals surface area (Å²) in [5.74, 6) is -0.659. The second kappa shape index (κ2) is 8.80. The Morgan fingerprint density at radius 1 is 1.29 bits per heavy atom. The van der Waals surface area contributed by atoms with Crippen LogP contribution in [0.4, 0.5) is 5.69 Å². The summed E-state index contributed by atoms with van der Waals surface area (Å²) >= 11 is 0. The van der Waals surface area contributed by atoms with Crippen LogP contribution in [0.3, 0.4) is 0 Å². The number of anilines is 1. The van der Waals surface area contributed by atoms with Gasteiger partial charge >= 0.3 is 5.97 Å². The van der Waals surface area contributed by atoms with Crippen molar-refractivity contribution in [1.82, 2.24) is 5.32 Å². The molecular weight excluding hydrogens is 276 g/mol. The van der Waals surface area contributed by atoms with E-state index in [0.29, 0.717) is 25.3 Å². The van der Waals surface area contributed by atoms with Gasteiger partial charge in [0.25, 0.3) is 5.91 Å². The highest BCUT2D eigenvalue weighted by atomic mass is 16.5. The third-order valence-electron chi connectivity index (χ3n) is 2.69. The summed E-state index contributed by atoms with van der Waals surface area (Å²) in [6.07, 6.45) is 0.693. The van der Waals surface area contributed by atoms with E-state index >= 15 is 0 Å². The lowest BCUT2D eigenvalue weighted by Crippen LogP contribution is -2.30. The number of para-hydroxylation sites is 1. The van der Waals surface area contributed by atoms with Gasteiger partial charge in [-0.3, -0.25) is 4.79 Å². The number of benzene rings is 1. The molecular formula is C14H20N2O5. The molecule has 0 fully saturated rings. The SMILES string of the molecule is COCCCNC(=O)COC(=O)c1cccc(OC)c1N. The van der Waals surface area contributed by atoms with Crippen LogP contribution in [-0.4, -0.2) is 45.9 Å². The molecule has 0 aliphatic heterocycles. The Kier molecular flexibility index (Phi) is 7.03. The topological polar surface area (TPSA) is 99.9 Å². The number of amides is 1. The number of nitrogens with one attached hydrogen (secondary N) is 1. The molecule has 0 aliphatic carbocycles. The third kappa shape index (κ3) is 5.31. The van der Waals surface area contributed by atoms with Gasteiger partial charge in [-0.15, -0.1) is 0 Å². The van der Waals surface area contributed by atoms with Gasteiger partial charge in [0.2, 0.25) is 0 Å². The monoisotopic (exact) mass is 296 g/mol. The highest BCUT2D eigenvalue weighted by Gasteiger charge is 2.15. The molecule has 0 saturated carbocycles. The van der Waals surface area contributed by atoms with Crippen molar-refractivity contribution in [1.29, 1.82) is 0 Å². The summed E-state index contributed by atoms with van der Waals surface area (Å²) in [5.41, 5.74) is 6.13. The van der Waals surface area contributed by atoms with Crippen molar-refractivity contribution < 1.29 is 23.8 Å². The molecule has 0 unspecified atom stereocenters. The van der Waals surface area contributed by atoms with Crippen LogP contribution in [0.25, 0.3) is 0 Å². The number of esters is 1. The minimum atomic E-state index is -0.668. The van der Waals surface area contributed by atoms with Crippen molar-refractivity contribution in [3.8, 4) is 5.75 Å². The first-order valence-corrected chi connectivity index (χ1v) is 6.45. The number of carbonyl (C=O) groups excluding carboxylic acids is 2. The van der Waals surface area contributed by atoms with Crippen LogP contribution in [0, 0.1) is 0 Å². The fourth-order valence-corrected chi connectivity index (χ4v) is 1.60. The Bertz CT molecular complexity index is 490. The first kappa shape index (κ1) is 16.8. The van der Waals surface area contributed by atoms with Crippen molar-refractivity contribution in [3.05, 3.63) is 23.8 Å². The molecule has 0 aromatic heterocycles. The minimum absolute atomic E-state index is 0.168.